The second-order valence-electron chi connectivity index (χ2n) is 7.43. The molecule has 1 saturated heterocycles. The molecule has 0 aromatic heterocycles. The zero-order valence-corrected chi connectivity index (χ0v) is 12.3. The zero-order chi connectivity index (χ0) is 12.6. The van der Waals surface area contributed by atoms with Crippen LogP contribution in [0.15, 0.2) is 0 Å². The first kappa shape index (κ1) is 12.9. The van der Waals surface area contributed by atoms with Gasteiger partial charge >= 0.3 is 0 Å². The van der Waals surface area contributed by atoms with Crippen LogP contribution in [0.3, 0.4) is 0 Å². The van der Waals surface area contributed by atoms with E-state index in [0.29, 0.717) is 5.54 Å². The van der Waals surface area contributed by atoms with Crippen LogP contribution in [0.2, 0.25) is 0 Å². The van der Waals surface area contributed by atoms with E-state index in [1.54, 1.807) is 0 Å². The molecule has 3 fully saturated rings. The standard InChI is InChI=1S/C16H30N2/c1-3-7-16(8-9-16)13-18-11-4-10-17-15(2,12-18)14-5-6-14/h14,17H,3-13H2,1-2H3. The molecule has 2 heteroatoms. The fraction of sp³-hybridized carbons (Fsp3) is 1.00. The van der Waals surface area contributed by atoms with Crippen LogP contribution in [0, 0.1) is 11.3 Å². The van der Waals surface area contributed by atoms with Gasteiger partial charge in [0, 0.05) is 18.6 Å². The highest BCUT2D eigenvalue weighted by Crippen LogP contribution is 2.50. The minimum Gasteiger partial charge on any atom is -0.310 e. The second kappa shape index (κ2) is 4.79. The van der Waals surface area contributed by atoms with Gasteiger partial charge in [0.25, 0.3) is 0 Å². The first-order valence-corrected chi connectivity index (χ1v) is 8.13. The van der Waals surface area contributed by atoms with Crippen LogP contribution in [-0.2, 0) is 0 Å². The lowest BCUT2D eigenvalue weighted by molar-refractivity contribution is 0.166. The molecule has 1 atom stereocenters. The fourth-order valence-corrected chi connectivity index (χ4v) is 4.07. The first-order chi connectivity index (χ1) is 8.66. The summed E-state index contributed by atoms with van der Waals surface area (Å²) in [4.78, 5) is 2.79. The smallest absolute Gasteiger partial charge is 0.0308 e. The number of rotatable bonds is 5. The highest BCUT2D eigenvalue weighted by atomic mass is 15.2. The molecule has 2 nitrogen and oxygen atoms in total. The summed E-state index contributed by atoms with van der Waals surface area (Å²) in [5.41, 5.74) is 1.14. The summed E-state index contributed by atoms with van der Waals surface area (Å²) >= 11 is 0. The Morgan fingerprint density at radius 3 is 2.67 bits per heavy atom. The van der Waals surface area contributed by atoms with Crippen molar-refractivity contribution in [1.29, 1.82) is 0 Å². The van der Waals surface area contributed by atoms with E-state index in [0.717, 1.165) is 11.3 Å². The van der Waals surface area contributed by atoms with Crippen molar-refractivity contribution < 1.29 is 0 Å². The zero-order valence-electron chi connectivity index (χ0n) is 12.3. The summed E-state index contributed by atoms with van der Waals surface area (Å²) in [6, 6.07) is 0. The Morgan fingerprint density at radius 2 is 2.06 bits per heavy atom. The number of nitrogens with one attached hydrogen (secondary N) is 1. The quantitative estimate of drug-likeness (QED) is 0.807. The van der Waals surface area contributed by atoms with E-state index >= 15 is 0 Å². The van der Waals surface area contributed by atoms with Crippen molar-refractivity contribution in [2.75, 3.05) is 26.2 Å². The summed E-state index contributed by atoms with van der Waals surface area (Å²) in [6.45, 7) is 10.0. The lowest BCUT2D eigenvalue weighted by atomic mass is 9.94. The fourth-order valence-electron chi connectivity index (χ4n) is 4.07. The molecule has 2 saturated carbocycles. The predicted molar refractivity (Wildman–Crippen MR) is 76.8 cm³/mol. The number of nitrogens with zero attached hydrogens (tertiary/aromatic N) is 1. The SMILES string of the molecule is CCCC1(CN2CCCNC(C)(C3CC3)C2)CC1. The van der Waals surface area contributed by atoms with Crippen LogP contribution in [0.25, 0.3) is 0 Å². The monoisotopic (exact) mass is 250 g/mol. The van der Waals surface area contributed by atoms with Crippen molar-refractivity contribution in [2.45, 2.75) is 64.3 Å². The summed E-state index contributed by atoms with van der Waals surface area (Å²) in [5.74, 6) is 0.958. The number of hydrogen-bond acceptors (Lipinski definition) is 2. The molecule has 0 bridgehead atoms. The normalized spacial score (nSPS) is 36.3. The van der Waals surface area contributed by atoms with Gasteiger partial charge in [0.2, 0.25) is 0 Å². The Morgan fingerprint density at radius 1 is 1.28 bits per heavy atom. The van der Waals surface area contributed by atoms with E-state index in [9.17, 15) is 0 Å². The highest BCUT2D eigenvalue weighted by Gasteiger charge is 2.46. The largest absolute Gasteiger partial charge is 0.310 e. The van der Waals surface area contributed by atoms with Gasteiger partial charge in [-0.3, -0.25) is 0 Å². The molecule has 0 aromatic rings. The Bertz CT molecular complexity index is 293. The molecule has 104 valence electrons. The predicted octanol–water partition coefficient (Wildman–Crippen LogP) is 3.03. The molecular weight excluding hydrogens is 220 g/mol. The molecule has 1 unspecified atom stereocenters. The van der Waals surface area contributed by atoms with E-state index in [4.69, 9.17) is 0 Å². The molecular formula is C16H30N2. The van der Waals surface area contributed by atoms with Gasteiger partial charge in [-0.1, -0.05) is 13.3 Å². The van der Waals surface area contributed by atoms with Crippen molar-refractivity contribution in [3.8, 4) is 0 Å². The van der Waals surface area contributed by atoms with Crippen molar-refractivity contribution >= 4 is 0 Å². The third-order valence-electron chi connectivity index (χ3n) is 5.51. The molecule has 2 aliphatic carbocycles. The molecule has 1 N–H and O–H groups in total. The summed E-state index contributed by atoms with van der Waals surface area (Å²) in [5, 5.41) is 3.85. The van der Waals surface area contributed by atoms with Crippen molar-refractivity contribution in [2.24, 2.45) is 11.3 Å². The Kier molecular flexibility index (Phi) is 3.44. The van der Waals surface area contributed by atoms with E-state index < -0.39 is 0 Å². The van der Waals surface area contributed by atoms with Crippen LogP contribution >= 0.6 is 0 Å². The van der Waals surface area contributed by atoms with Gasteiger partial charge < -0.3 is 10.2 Å². The Labute approximate surface area is 113 Å². The first-order valence-electron chi connectivity index (χ1n) is 8.13. The van der Waals surface area contributed by atoms with Gasteiger partial charge in [-0.25, -0.2) is 0 Å². The summed E-state index contributed by atoms with van der Waals surface area (Å²) in [6.07, 6.45) is 10.1. The van der Waals surface area contributed by atoms with Gasteiger partial charge in [-0.05, 0) is 69.9 Å². The maximum absolute atomic E-state index is 3.85. The minimum atomic E-state index is 0.415. The molecule has 3 rings (SSSR count). The van der Waals surface area contributed by atoms with E-state index in [1.165, 1.54) is 71.1 Å². The van der Waals surface area contributed by atoms with Crippen molar-refractivity contribution in [3.63, 3.8) is 0 Å². The summed E-state index contributed by atoms with van der Waals surface area (Å²) < 4.78 is 0. The van der Waals surface area contributed by atoms with Crippen LogP contribution in [0.4, 0.5) is 0 Å². The Balaban J connectivity index is 1.60. The molecule has 1 heterocycles. The van der Waals surface area contributed by atoms with Gasteiger partial charge in [-0.15, -0.1) is 0 Å². The van der Waals surface area contributed by atoms with E-state index in [-0.39, 0.29) is 0 Å². The van der Waals surface area contributed by atoms with Gasteiger partial charge in [0.1, 0.15) is 0 Å². The Hall–Kier alpha value is -0.0800. The molecule has 0 amide bonds. The topological polar surface area (TPSA) is 15.3 Å². The number of hydrogen-bond donors (Lipinski definition) is 1. The highest BCUT2D eigenvalue weighted by molar-refractivity contribution is 5.03. The molecule has 0 aromatic carbocycles. The average molecular weight is 250 g/mol. The molecule has 1 aliphatic heterocycles. The maximum Gasteiger partial charge on any atom is 0.0308 e. The molecule has 3 aliphatic rings. The third-order valence-corrected chi connectivity index (χ3v) is 5.51. The van der Waals surface area contributed by atoms with Crippen molar-refractivity contribution in [1.82, 2.24) is 10.2 Å². The lowest BCUT2D eigenvalue weighted by Gasteiger charge is -2.35. The maximum atomic E-state index is 3.85. The van der Waals surface area contributed by atoms with Crippen LogP contribution in [-0.4, -0.2) is 36.6 Å². The van der Waals surface area contributed by atoms with Crippen molar-refractivity contribution in [3.05, 3.63) is 0 Å². The van der Waals surface area contributed by atoms with E-state index in [2.05, 4.69) is 24.1 Å². The van der Waals surface area contributed by atoms with E-state index in [1.807, 2.05) is 0 Å². The molecule has 0 radical (unpaired) electrons. The third kappa shape index (κ3) is 2.75. The average Bonchev–Trinajstić information content (AvgIpc) is 3.14. The van der Waals surface area contributed by atoms with Crippen LogP contribution in [0.1, 0.15) is 58.8 Å². The second-order valence-corrected chi connectivity index (χ2v) is 7.43. The van der Waals surface area contributed by atoms with Gasteiger partial charge in [-0.2, -0.15) is 0 Å². The molecule has 0 spiro atoms. The van der Waals surface area contributed by atoms with Crippen LogP contribution in [0.5, 0.6) is 0 Å². The summed E-state index contributed by atoms with van der Waals surface area (Å²) in [7, 11) is 0. The van der Waals surface area contributed by atoms with Gasteiger partial charge in [0.15, 0.2) is 0 Å². The van der Waals surface area contributed by atoms with Gasteiger partial charge in [0.05, 0.1) is 0 Å². The molecule has 18 heavy (non-hydrogen) atoms. The minimum absolute atomic E-state index is 0.415. The van der Waals surface area contributed by atoms with Crippen LogP contribution < -0.4 is 5.32 Å². The lowest BCUT2D eigenvalue weighted by Crippen LogP contribution is -2.51.